The minimum atomic E-state index is -0.399. The number of carbonyl (C=O) groups is 1. The summed E-state index contributed by atoms with van der Waals surface area (Å²) in [5.74, 6) is 0.435. The number of thiophene rings is 1. The van der Waals surface area contributed by atoms with Crippen LogP contribution >= 0.6 is 11.3 Å². The van der Waals surface area contributed by atoms with E-state index in [2.05, 4.69) is 25.7 Å². The van der Waals surface area contributed by atoms with Gasteiger partial charge in [-0.15, -0.1) is 21.5 Å². The standard InChI is InChI=1S/C16H15N7OS/c1-11(22-8-3-7-18-22)16(24)17-10-15-20-19-14-6-5-12(21-23(14)15)13-4-2-9-25-13/h2-9,11H,10H2,1H3,(H,17,24)/t11-/m1/s1. The fourth-order valence-corrected chi connectivity index (χ4v) is 3.13. The lowest BCUT2D eigenvalue weighted by Crippen LogP contribution is -2.31. The highest BCUT2D eigenvalue weighted by molar-refractivity contribution is 7.13. The summed E-state index contributed by atoms with van der Waals surface area (Å²) < 4.78 is 3.26. The van der Waals surface area contributed by atoms with Gasteiger partial charge in [-0.2, -0.15) is 14.7 Å². The number of nitrogens with one attached hydrogen (secondary N) is 1. The topological polar surface area (TPSA) is 90.0 Å². The Balaban J connectivity index is 1.53. The van der Waals surface area contributed by atoms with E-state index in [-0.39, 0.29) is 12.5 Å². The maximum Gasteiger partial charge on any atom is 0.244 e. The van der Waals surface area contributed by atoms with Crippen molar-refractivity contribution in [2.24, 2.45) is 0 Å². The smallest absolute Gasteiger partial charge is 0.244 e. The Morgan fingerprint density at radius 2 is 2.20 bits per heavy atom. The van der Waals surface area contributed by atoms with Crippen LogP contribution in [-0.4, -0.2) is 35.5 Å². The van der Waals surface area contributed by atoms with Gasteiger partial charge < -0.3 is 5.32 Å². The second kappa shape index (κ2) is 6.44. The zero-order valence-electron chi connectivity index (χ0n) is 13.4. The molecule has 0 saturated carbocycles. The van der Waals surface area contributed by atoms with E-state index in [0.717, 1.165) is 10.6 Å². The molecule has 8 nitrogen and oxygen atoms in total. The van der Waals surface area contributed by atoms with Crippen molar-refractivity contribution in [3.05, 3.63) is 53.9 Å². The summed E-state index contributed by atoms with van der Waals surface area (Å²) in [5.41, 5.74) is 1.49. The third-order valence-corrected chi connectivity index (χ3v) is 4.72. The largest absolute Gasteiger partial charge is 0.347 e. The third-order valence-electron chi connectivity index (χ3n) is 3.82. The first-order chi connectivity index (χ1) is 12.2. The van der Waals surface area contributed by atoms with Crippen molar-refractivity contribution in [1.82, 2.24) is 34.9 Å². The Hall–Kier alpha value is -3.07. The van der Waals surface area contributed by atoms with Gasteiger partial charge in [-0.25, -0.2) is 0 Å². The molecule has 1 atom stereocenters. The summed E-state index contributed by atoms with van der Waals surface area (Å²) in [6.07, 6.45) is 3.40. The summed E-state index contributed by atoms with van der Waals surface area (Å²) in [6.45, 7) is 2.03. The van der Waals surface area contributed by atoms with Crippen molar-refractivity contribution in [3.8, 4) is 10.6 Å². The quantitative estimate of drug-likeness (QED) is 0.592. The molecule has 4 heterocycles. The molecule has 25 heavy (non-hydrogen) atoms. The molecule has 1 N–H and O–H groups in total. The Labute approximate surface area is 147 Å². The molecule has 1 amide bonds. The Morgan fingerprint density at radius 1 is 1.28 bits per heavy atom. The highest BCUT2D eigenvalue weighted by atomic mass is 32.1. The maximum absolute atomic E-state index is 12.3. The molecule has 4 aromatic rings. The third kappa shape index (κ3) is 3.01. The van der Waals surface area contributed by atoms with Crippen LogP contribution in [0.5, 0.6) is 0 Å². The Morgan fingerprint density at radius 3 is 2.96 bits per heavy atom. The minimum Gasteiger partial charge on any atom is -0.347 e. The lowest BCUT2D eigenvalue weighted by atomic mass is 10.3. The lowest BCUT2D eigenvalue weighted by Gasteiger charge is -2.11. The molecular weight excluding hydrogens is 338 g/mol. The average Bonchev–Trinajstić information content (AvgIpc) is 3.40. The van der Waals surface area contributed by atoms with Crippen LogP contribution in [0.25, 0.3) is 16.2 Å². The summed E-state index contributed by atoms with van der Waals surface area (Å²) in [7, 11) is 0. The van der Waals surface area contributed by atoms with Gasteiger partial charge in [-0.1, -0.05) is 6.07 Å². The van der Waals surface area contributed by atoms with E-state index in [4.69, 9.17) is 0 Å². The minimum absolute atomic E-state index is 0.144. The van der Waals surface area contributed by atoms with E-state index in [1.54, 1.807) is 45.9 Å². The number of fused-ring (bicyclic) bond motifs is 1. The van der Waals surface area contributed by atoms with Gasteiger partial charge in [-0.05, 0) is 36.6 Å². The van der Waals surface area contributed by atoms with Gasteiger partial charge in [0.2, 0.25) is 5.91 Å². The summed E-state index contributed by atoms with van der Waals surface area (Å²) in [4.78, 5) is 13.3. The van der Waals surface area contributed by atoms with Gasteiger partial charge in [-0.3, -0.25) is 9.48 Å². The van der Waals surface area contributed by atoms with Gasteiger partial charge in [0.05, 0.1) is 11.4 Å². The molecule has 0 aliphatic heterocycles. The van der Waals surface area contributed by atoms with Crippen molar-refractivity contribution in [1.29, 1.82) is 0 Å². The molecule has 0 unspecified atom stereocenters. The first-order valence-electron chi connectivity index (χ1n) is 7.74. The van der Waals surface area contributed by atoms with E-state index < -0.39 is 6.04 Å². The van der Waals surface area contributed by atoms with E-state index in [1.807, 2.05) is 29.6 Å². The molecular formula is C16H15N7OS. The molecule has 0 aliphatic rings. The molecule has 126 valence electrons. The van der Waals surface area contributed by atoms with E-state index in [1.165, 1.54) is 0 Å². The van der Waals surface area contributed by atoms with Gasteiger partial charge in [0.25, 0.3) is 0 Å². The molecule has 0 fully saturated rings. The van der Waals surface area contributed by atoms with E-state index in [0.29, 0.717) is 11.5 Å². The van der Waals surface area contributed by atoms with Crippen molar-refractivity contribution in [3.63, 3.8) is 0 Å². The summed E-state index contributed by atoms with van der Waals surface area (Å²) >= 11 is 1.62. The molecule has 0 aromatic carbocycles. The molecule has 0 bridgehead atoms. The predicted octanol–water partition coefficient (Wildman–Crippen LogP) is 1.93. The number of hydrogen-bond donors (Lipinski definition) is 1. The van der Waals surface area contributed by atoms with Crippen LogP contribution in [0.1, 0.15) is 18.8 Å². The fraction of sp³-hybridized carbons (Fsp3) is 0.188. The first kappa shape index (κ1) is 15.5. The molecule has 4 rings (SSSR count). The molecule has 0 aliphatic carbocycles. The van der Waals surface area contributed by atoms with Gasteiger partial charge in [0.15, 0.2) is 11.5 Å². The Bertz CT molecular complexity index is 991. The van der Waals surface area contributed by atoms with Crippen molar-refractivity contribution in [2.75, 3.05) is 0 Å². The first-order valence-corrected chi connectivity index (χ1v) is 8.62. The van der Waals surface area contributed by atoms with Gasteiger partial charge >= 0.3 is 0 Å². The van der Waals surface area contributed by atoms with Gasteiger partial charge in [0, 0.05) is 12.4 Å². The van der Waals surface area contributed by atoms with Crippen molar-refractivity contribution in [2.45, 2.75) is 19.5 Å². The predicted molar refractivity (Wildman–Crippen MR) is 92.9 cm³/mol. The highest BCUT2D eigenvalue weighted by Crippen LogP contribution is 2.22. The second-order valence-electron chi connectivity index (χ2n) is 5.46. The molecule has 0 radical (unpaired) electrons. The zero-order chi connectivity index (χ0) is 17.2. The van der Waals surface area contributed by atoms with Crippen LogP contribution in [0.15, 0.2) is 48.1 Å². The van der Waals surface area contributed by atoms with Crippen molar-refractivity contribution >= 4 is 22.9 Å². The van der Waals surface area contributed by atoms with Crippen LogP contribution in [0, 0.1) is 0 Å². The van der Waals surface area contributed by atoms with E-state index >= 15 is 0 Å². The van der Waals surface area contributed by atoms with E-state index in [9.17, 15) is 4.79 Å². The van der Waals surface area contributed by atoms with Crippen LogP contribution < -0.4 is 5.32 Å². The number of rotatable bonds is 5. The SMILES string of the molecule is C[C@H](C(=O)NCc1nnc2ccc(-c3cccs3)nn12)n1cccn1. The fourth-order valence-electron chi connectivity index (χ4n) is 2.44. The normalized spacial score (nSPS) is 12.4. The van der Waals surface area contributed by atoms with Crippen LogP contribution in [0.2, 0.25) is 0 Å². The number of carbonyl (C=O) groups excluding carboxylic acids is 1. The van der Waals surface area contributed by atoms with Crippen molar-refractivity contribution < 1.29 is 4.79 Å². The zero-order valence-corrected chi connectivity index (χ0v) is 14.2. The molecule has 0 spiro atoms. The Kier molecular flexibility index (Phi) is 3.98. The lowest BCUT2D eigenvalue weighted by molar-refractivity contribution is -0.124. The number of hydrogen-bond acceptors (Lipinski definition) is 6. The average molecular weight is 353 g/mol. The maximum atomic E-state index is 12.3. The van der Waals surface area contributed by atoms with Crippen LogP contribution in [0.3, 0.4) is 0 Å². The molecule has 0 saturated heterocycles. The van der Waals surface area contributed by atoms with Gasteiger partial charge in [0.1, 0.15) is 11.7 Å². The number of aromatic nitrogens is 6. The number of amides is 1. The highest BCUT2D eigenvalue weighted by Gasteiger charge is 2.16. The molecule has 4 aromatic heterocycles. The second-order valence-corrected chi connectivity index (χ2v) is 6.41. The summed E-state index contributed by atoms with van der Waals surface area (Å²) in [5, 5.41) is 21.8. The number of nitrogens with zero attached hydrogens (tertiary/aromatic N) is 6. The molecule has 9 heteroatoms. The monoisotopic (exact) mass is 353 g/mol. The van der Waals surface area contributed by atoms with Crippen LogP contribution in [-0.2, 0) is 11.3 Å². The summed E-state index contributed by atoms with van der Waals surface area (Å²) in [6, 6.07) is 9.16. The van der Waals surface area contributed by atoms with Crippen LogP contribution in [0.4, 0.5) is 0 Å².